The Bertz CT molecular complexity index is 843. The zero-order valence-electron chi connectivity index (χ0n) is 11.0. The summed E-state index contributed by atoms with van der Waals surface area (Å²) in [5, 5.41) is 5.11. The fourth-order valence-corrected chi connectivity index (χ4v) is 2.88. The van der Waals surface area contributed by atoms with Gasteiger partial charge in [0.1, 0.15) is 6.10 Å². The molecule has 1 heterocycles. The van der Waals surface area contributed by atoms with Crippen LogP contribution >= 0.6 is 0 Å². The standard InChI is InChI=1S/C19H14O/c1-2-7-15-14(6-1)11-12-17-16(15)8-5-9-18(17)19-10-3-4-13-20-19/h1-13,19H. The van der Waals surface area contributed by atoms with Gasteiger partial charge in [0.25, 0.3) is 0 Å². The highest BCUT2D eigenvalue weighted by Gasteiger charge is 2.13. The minimum Gasteiger partial charge on any atom is -0.489 e. The van der Waals surface area contributed by atoms with Gasteiger partial charge < -0.3 is 4.74 Å². The molecule has 0 saturated heterocycles. The summed E-state index contributed by atoms with van der Waals surface area (Å²) in [6.45, 7) is 0. The van der Waals surface area contributed by atoms with Crippen LogP contribution in [0.4, 0.5) is 0 Å². The number of hydrogen-bond donors (Lipinski definition) is 0. The Labute approximate surface area is 117 Å². The predicted molar refractivity (Wildman–Crippen MR) is 83.6 cm³/mol. The summed E-state index contributed by atoms with van der Waals surface area (Å²) in [5.74, 6) is 0. The van der Waals surface area contributed by atoms with Crippen molar-refractivity contribution < 1.29 is 4.74 Å². The molecule has 3 aromatic rings. The second-order valence-electron chi connectivity index (χ2n) is 5.00. The fraction of sp³-hybridized carbons (Fsp3) is 0.0526. The van der Waals surface area contributed by atoms with Crippen molar-refractivity contribution in [2.75, 3.05) is 0 Å². The average Bonchev–Trinajstić information content (AvgIpc) is 2.55. The van der Waals surface area contributed by atoms with Crippen molar-refractivity contribution in [1.82, 2.24) is 0 Å². The Morgan fingerprint density at radius 2 is 1.60 bits per heavy atom. The average molecular weight is 258 g/mol. The Hall–Kier alpha value is -2.54. The van der Waals surface area contributed by atoms with E-state index in [1.165, 1.54) is 27.1 Å². The van der Waals surface area contributed by atoms with E-state index in [0.29, 0.717) is 0 Å². The van der Waals surface area contributed by atoms with Crippen LogP contribution in [0.3, 0.4) is 0 Å². The molecule has 0 N–H and O–H groups in total. The molecule has 3 aromatic carbocycles. The van der Waals surface area contributed by atoms with Gasteiger partial charge in [-0.15, -0.1) is 0 Å². The molecule has 1 unspecified atom stereocenters. The molecule has 1 aliphatic heterocycles. The van der Waals surface area contributed by atoms with Crippen LogP contribution < -0.4 is 0 Å². The minimum absolute atomic E-state index is 0.00450. The van der Waals surface area contributed by atoms with Gasteiger partial charge in [-0.3, -0.25) is 0 Å². The van der Waals surface area contributed by atoms with E-state index >= 15 is 0 Å². The van der Waals surface area contributed by atoms with Gasteiger partial charge in [0.15, 0.2) is 0 Å². The minimum atomic E-state index is 0.00450. The van der Waals surface area contributed by atoms with Crippen molar-refractivity contribution in [3.05, 3.63) is 84.7 Å². The monoisotopic (exact) mass is 258 g/mol. The van der Waals surface area contributed by atoms with Gasteiger partial charge >= 0.3 is 0 Å². The topological polar surface area (TPSA) is 9.23 Å². The molecule has 4 rings (SSSR count). The Morgan fingerprint density at radius 3 is 2.50 bits per heavy atom. The van der Waals surface area contributed by atoms with E-state index in [-0.39, 0.29) is 6.10 Å². The van der Waals surface area contributed by atoms with E-state index < -0.39 is 0 Å². The molecule has 0 aliphatic carbocycles. The lowest BCUT2D eigenvalue weighted by Crippen LogP contribution is -2.00. The molecule has 0 spiro atoms. The van der Waals surface area contributed by atoms with Crippen LogP contribution in [-0.4, -0.2) is 0 Å². The molecule has 0 radical (unpaired) electrons. The van der Waals surface area contributed by atoms with Crippen LogP contribution in [0.5, 0.6) is 0 Å². The lowest BCUT2D eigenvalue weighted by molar-refractivity contribution is 0.187. The maximum atomic E-state index is 5.72. The number of rotatable bonds is 1. The van der Waals surface area contributed by atoms with Crippen LogP contribution in [0, 0.1) is 0 Å². The zero-order chi connectivity index (χ0) is 13.4. The number of hydrogen-bond acceptors (Lipinski definition) is 1. The predicted octanol–water partition coefficient (Wildman–Crippen LogP) is 5.13. The van der Waals surface area contributed by atoms with E-state index in [1.54, 1.807) is 6.26 Å². The highest BCUT2D eigenvalue weighted by molar-refractivity contribution is 6.08. The lowest BCUT2D eigenvalue weighted by Gasteiger charge is -2.18. The maximum Gasteiger partial charge on any atom is 0.142 e. The second-order valence-corrected chi connectivity index (χ2v) is 5.00. The molecule has 0 saturated carbocycles. The van der Waals surface area contributed by atoms with Crippen molar-refractivity contribution >= 4 is 21.5 Å². The molecule has 0 amide bonds. The van der Waals surface area contributed by atoms with Crippen LogP contribution in [0.15, 0.2) is 79.1 Å². The van der Waals surface area contributed by atoms with E-state index in [9.17, 15) is 0 Å². The summed E-state index contributed by atoms with van der Waals surface area (Å²) in [7, 11) is 0. The third kappa shape index (κ3) is 1.71. The largest absolute Gasteiger partial charge is 0.489 e. The van der Waals surface area contributed by atoms with Crippen molar-refractivity contribution in [3.8, 4) is 0 Å². The molecule has 1 aliphatic rings. The SMILES string of the molecule is C1=COC(c2cccc3c2ccc2ccccc23)C=C1. The van der Waals surface area contributed by atoms with Gasteiger partial charge in [0, 0.05) is 5.56 Å². The molecular formula is C19H14O. The maximum absolute atomic E-state index is 5.72. The molecule has 96 valence electrons. The van der Waals surface area contributed by atoms with Crippen molar-refractivity contribution in [2.45, 2.75) is 6.10 Å². The van der Waals surface area contributed by atoms with Gasteiger partial charge in [-0.1, -0.05) is 60.7 Å². The Balaban J connectivity index is 2.01. The van der Waals surface area contributed by atoms with Crippen molar-refractivity contribution in [3.63, 3.8) is 0 Å². The van der Waals surface area contributed by atoms with Crippen LogP contribution in [0.2, 0.25) is 0 Å². The number of benzene rings is 3. The van der Waals surface area contributed by atoms with Crippen LogP contribution in [0.25, 0.3) is 21.5 Å². The fourth-order valence-electron chi connectivity index (χ4n) is 2.88. The number of allylic oxidation sites excluding steroid dienone is 2. The van der Waals surface area contributed by atoms with E-state index in [0.717, 1.165) is 0 Å². The quantitative estimate of drug-likeness (QED) is 0.549. The van der Waals surface area contributed by atoms with Crippen LogP contribution in [0.1, 0.15) is 11.7 Å². The molecular weight excluding hydrogens is 244 g/mol. The lowest BCUT2D eigenvalue weighted by atomic mass is 9.95. The molecule has 1 nitrogen and oxygen atoms in total. The first-order valence-electron chi connectivity index (χ1n) is 6.83. The molecule has 0 bridgehead atoms. The third-order valence-electron chi connectivity index (χ3n) is 3.83. The van der Waals surface area contributed by atoms with Crippen LogP contribution in [-0.2, 0) is 4.74 Å². The Morgan fingerprint density at radius 1 is 0.700 bits per heavy atom. The summed E-state index contributed by atoms with van der Waals surface area (Å²) in [6.07, 6.45) is 7.80. The first-order chi connectivity index (χ1) is 9.93. The second kappa shape index (κ2) is 4.53. The van der Waals surface area contributed by atoms with Gasteiger partial charge in [-0.25, -0.2) is 0 Å². The Kier molecular flexibility index (Phi) is 2.56. The summed E-state index contributed by atoms with van der Waals surface area (Å²) >= 11 is 0. The summed E-state index contributed by atoms with van der Waals surface area (Å²) in [5.41, 5.74) is 1.22. The number of ether oxygens (including phenoxy) is 1. The molecule has 0 aromatic heterocycles. The normalized spacial score (nSPS) is 17.5. The molecule has 1 heteroatoms. The van der Waals surface area contributed by atoms with Crippen molar-refractivity contribution in [2.24, 2.45) is 0 Å². The zero-order valence-corrected chi connectivity index (χ0v) is 11.0. The van der Waals surface area contributed by atoms with E-state index in [1.807, 2.05) is 12.2 Å². The van der Waals surface area contributed by atoms with E-state index in [4.69, 9.17) is 4.74 Å². The molecule has 20 heavy (non-hydrogen) atoms. The van der Waals surface area contributed by atoms with Crippen molar-refractivity contribution in [1.29, 1.82) is 0 Å². The van der Waals surface area contributed by atoms with Gasteiger partial charge in [0.2, 0.25) is 0 Å². The molecule has 1 atom stereocenters. The smallest absolute Gasteiger partial charge is 0.142 e. The summed E-state index contributed by atoms with van der Waals surface area (Å²) in [4.78, 5) is 0. The van der Waals surface area contributed by atoms with Gasteiger partial charge in [0.05, 0.1) is 6.26 Å². The van der Waals surface area contributed by atoms with E-state index in [2.05, 4.69) is 60.7 Å². The molecule has 0 fully saturated rings. The highest BCUT2D eigenvalue weighted by atomic mass is 16.5. The summed E-state index contributed by atoms with van der Waals surface area (Å²) in [6, 6.07) is 19.3. The first-order valence-corrected chi connectivity index (χ1v) is 6.83. The summed E-state index contributed by atoms with van der Waals surface area (Å²) < 4.78 is 5.72. The van der Waals surface area contributed by atoms with Gasteiger partial charge in [-0.05, 0) is 33.7 Å². The first kappa shape index (κ1) is 11.3. The van der Waals surface area contributed by atoms with Gasteiger partial charge in [-0.2, -0.15) is 0 Å². The third-order valence-corrected chi connectivity index (χ3v) is 3.83. The number of fused-ring (bicyclic) bond motifs is 3. The highest BCUT2D eigenvalue weighted by Crippen LogP contribution is 2.33.